The Morgan fingerprint density at radius 3 is 2.43 bits per heavy atom. The van der Waals surface area contributed by atoms with E-state index in [1.807, 2.05) is 0 Å². The Morgan fingerprint density at radius 1 is 1.57 bits per heavy atom. The minimum atomic E-state index is 0.222. The molecule has 1 aromatic heterocycles. The van der Waals surface area contributed by atoms with Crippen molar-refractivity contribution in [1.29, 1.82) is 0 Å². The van der Waals surface area contributed by atoms with Crippen molar-refractivity contribution in [3.8, 4) is 5.75 Å². The van der Waals surface area contributed by atoms with Gasteiger partial charge in [0.2, 0.25) is 0 Å². The van der Waals surface area contributed by atoms with Crippen molar-refractivity contribution >= 4 is 0 Å². The first-order valence-corrected chi connectivity index (χ1v) is 2.02. The molecule has 0 fully saturated rings. The first kappa shape index (κ1) is 4.24. The zero-order chi connectivity index (χ0) is 5.28. The Bertz CT molecular complexity index is 138. The van der Waals surface area contributed by atoms with Crippen LogP contribution in [0.25, 0.3) is 0 Å². The summed E-state index contributed by atoms with van der Waals surface area (Å²) >= 11 is 0. The van der Waals surface area contributed by atoms with Crippen LogP contribution in [0.15, 0.2) is 16.9 Å². The highest BCUT2D eigenvalue weighted by atomic mass is 16.3. The number of hydrogen-bond donors (Lipinski definition) is 1. The van der Waals surface area contributed by atoms with Gasteiger partial charge in [-0.3, -0.25) is 0 Å². The molecule has 7 heavy (non-hydrogen) atoms. The molecule has 0 unspecified atom stereocenters. The van der Waals surface area contributed by atoms with Gasteiger partial charge in [-0.05, 0) is 6.92 Å². The number of aryl methyl sites for hydroxylation is 1. The van der Waals surface area contributed by atoms with Gasteiger partial charge < -0.3 is 9.52 Å². The zero-order valence-electron chi connectivity index (χ0n) is 4.01. The van der Waals surface area contributed by atoms with Gasteiger partial charge in [0.05, 0.1) is 6.26 Å². The molecular weight excluding hydrogens is 92.1 g/mol. The number of aromatic hydroxyl groups is 1. The van der Waals surface area contributed by atoms with Crippen LogP contribution < -0.4 is 0 Å². The van der Waals surface area contributed by atoms with Crippen molar-refractivity contribution in [2.75, 3.05) is 0 Å². The average molecular weight is 98.1 g/mol. The van der Waals surface area contributed by atoms with Crippen LogP contribution in [-0.2, 0) is 0 Å². The summed E-state index contributed by atoms with van der Waals surface area (Å²) in [7, 11) is 0. The van der Waals surface area contributed by atoms with Gasteiger partial charge in [0.25, 0.3) is 0 Å². The molecule has 2 nitrogen and oxygen atoms in total. The molecule has 1 aromatic rings. The zero-order valence-corrected chi connectivity index (χ0v) is 4.01. The van der Waals surface area contributed by atoms with Gasteiger partial charge in [-0.2, -0.15) is 0 Å². The maximum absolute atomic E-state index is 8.67. The Labute approximate surface area is 41.4 Å². The molecule has 0 amide bonds. The second-order valence-electron chi connectivity index (χ2n) is 1.44. The van der Waals surface area contributed by atoms with E-state index in [0.29, 0.717) is 0 Å². The molecule has 2 heteroatoms. The van der Waals surface area contributed by atoms with Crippen molar-refractivity contribution in [2.24, 2.45) is 0 Å². The van der Waals surface area contributed by atoms with Gasteiger partial charge in [0.1, 0.15) is 6.26 Å². The molecule has 0 radical (unpaired) electrons. The van der Waals surface area contributed by atoms with Crippen molar-refractivity contribution < 1.29 is 9.52 Å². The molecule has 0 bridgehead atoms. The van der Waals surface area contributed by atoms with Gasteiger partial charge in [-0.15, -0.1) is 0 Å². The largest absolute Gasteiger partial charge is 0.504 e. The smallest absolute Gasteiger partial charge is 0.156 e. The molecule has 0 saturated heterocycles. The molecule has 38 valence electrons. The van der Waals surface area contributed by atoms with Crippen LogP contribution in [0.3, 0.4) is 0 Å². The van der Waals surface area contributed by atoms with Crippen LogP contribution in [-0.4, -0.2) is 5.11 Å². The van der Waals surface area contributed by atoms with E-state index < -0.39 is 0 Å². The maximum atomic E-state index is 8.67. The molecule has 0 saturated carbocycles. The number of furan rings is 1. The van der Waals surface area contributed by atoms with E-state index >= 15 is 0 Å². The second-order valence-corrected chi connectivity index (χ2v) is 1.44. The van der Waals surface area contributed by atoms with E-state index in [1.165, 1.54) is 12.5 Å². The normalized spacial score (nSPS) is 9.29. The average Bonchev–Trinajstić information content (AvgIpc) is 1.91. The summed E-state index contributed by atoms with van der Waals surface area (Å²) in [6, 6.07) is 0. The van der Waals surface area contributed by atoms with E-state index in [-0.39, 0.29) is 5.75 Å². The van der Waals surface area contributed by atoms with Crippen molar-refractivity contribution in [3.05, 3.63) is 18.1 Å². The Balaban J connectivity index is 3.12. The highest BCUT2D eigenvalue weighted by Crippen LogP contribution is 2.14. The molecular formula is C5H6O2. The molecule has 0 atom stereocenters. The van der Waals surface area contributed by atoms with E-state index in [1.54, 1.807) is 6.92 Å². The third-order valence-corrected chi connectivity index (χ3v) is 0.829. The third-order valence-electron chi connectivity index (χ3n) is 0.829. The lowest BCUT2D eigenvalue weighted by atomic mass is 10.4. The van der Waals surface area contributed by atoms with E-state index in [4.69, 9.17) is 5.11 Å². The summed E-state index contributed by atoms with van der Waals surface area (Å²) in [5.41, 5.74) is 0.778. The quantitative estimate of drug-likeness (QED) is 0.530. The van der Waals surface area contributed by atoms with Crippen molar-refractivity contribution in [3.63, 3.8) is 0 Å². The monoisotopic (exact) mass is 98.0 g/mol. The van der Waals surface area contributed by atoms with Gasteiger partial charge >= 0.3 is 0 Å². The van der Waals surface area contributed by atoms with E-state index in [0.717, 1.165) is 5.56 Å². The van der Waals surface area contributed by atoms with Gasteiger partial charge in [-0.1, -0.05) is 0 Å². The Hall–Kier alpha value is -0.920. The maximum Gasteiger partial charge on any atom is 0.156 e. The third kappa shape index (κ3) is 0.585. The van der Waals surface area contributed by atoms with Crippen LogP contribution in [0.1, 0.15) is 5.56 Å². The Kier molecular flexibility index (Phi) is 0.785. The Morgan fingerprint density at radius 2 is 2.29 bits per heavy atom. The molecule has 0 aromatic carbocycles. The summed E-state index contributed by atoms with van der Waals surface area (Å²) in [5, 5.41) is 8.67. The summed E-state index contributed by atoms with van der Waals surface area (Å²) in [6.45, 7) is 1.78. The minimum absolute atomic E-state index is 0.222. The molecule has 0 aliphatic heterocycles. The fourth-order valence-corrected chi connectivity index (χ4v) is 0.354. The predicted octanol–water partition coefficient (Wildman–Crippen LogP) is 1.29. The van der Waals surface area contributed by atoms with Crippen molar-refractivity contribution in [1.82, 2.24) is 0 Å². The molecule has 1 rings (SSSR count). The second kappa shape index (κ2) is 1.30. The van der Waals surface area contributed by atoms with Crippen LogP contribution in [0.5, 0.6) is 5.75 Å². The van der Waals surface area contributed by atoms with Crippen LogP contribution in [0.2, 0.25) is 0 Å². The lowest BCUT2D eigenvalue weighted by Gasteiger charge is -1.76. The van der Waals surface area contributed by atoms with Gasteiger partial charge in [0.15, 0.2) is 5.75 Å². The van der Waals surface area contributed by atoms with Crippen molar-refractivity contribution in [2.45, 2.75) is 6.92 Å². The predicted molar refractivity (Wildman–Crippen MR) is 25.1 cm³/mol. The highest BCUT2D eigenvalue weighted by Gasteiger charge is 1.92. The fraction of sp³-hybridized carbons (Fsp3) is 0.200. The standard InChI is InChI=1S/C5H6O2/c1-4-2-7-3-5(4)6/h2-3,6H,1H3. The van der Waals surface area contributed by atoms with Gasteiger partial charge in [-0.25, -0.2) is 0 Å². The van der Waals surface area contributed by atoms with Crippen LogP contribution in [0, 0.1) is 6.92 Å². The van der Waals surface area contributed by atoms with E-state index in [9.17, 15) is 0 Å². The molecule has 0 aliphatic carbocycles. The first-order valence-electron chi connectivity index (χ1n) is 2.02. The summed E-state index contributed by atoms with van der Waals surface area (Å²) in [6.07, 6.45) is 2.80. The fourth-order valence-electron chi connectivity index (χ4n) is 0.354. The van der Waals surface area contributed by atoms with Gasteiger partial charge in [0, 0.05) is 5.56 Å². The lowest BCUT2D eigenvalue weighted by molar-refractivity contribution is 0.456. The molecule has 1 heterocycles. The summed E-state index contributed by atoms with van der Waals surface area (Å²) in [5.74, 6) is 0.222. The highest BCUT2D eigenvalue weighted by molar-refractivity contribution is 5.23. The first-order chi connectivity index (χ1) is 3.30. The van der Waals surface area contributed by atoms with Crippen LogP contribution in [0.4, 0.5) is 0 Å². The summed E-state index contributed by atoms with van der Waals surface area (Å²) < 4.78 is 4.59. The summed E-state index contributed by atoms with van der Waals surface area (Å²) in [4.78, 5) is 0. The topological polar surface area (TPSA) is 33.4 Å². The number of rotatable bonds is 0. The molecule has 1 N–H and O–H groups in total. The van der Waals surface area contributed by atoms with Crippen LogP contribution >= 0.6 is 0 Å². The molecule has 0 spiro atoms. The minimum Gasteiger partial charge on any atom is -0.504 e. The number of hydrogen-bond acceptors (Lipinski definition) is 2. The molecule has 0 aliphatic rings. The van der Waals surface area contributed by atoms with E-state index in [2.05, 4.69) is 4.42 Å². The lowest BCUT2D eigenvalue weighted by Crippen LogP contribution is -1.57. The SMILES string of the molecule is Cc1cocc1O.